The predicted molar refractivity (Wildman–Crippen MR) is 64.1 cm³/mol. The monoisotopic (exact) mass is 225 g/mol. The minimum Gasteiger partial charge on any atom is -0.396 e. The van der Waals surface area contributed by atoms with E-state index in [1.807, 2.05) is 11.3 Å². The lowest BCUT2D eigenvalue weighted by Crippen LogP contribution is -2.33. The Morgan fingerprint density at radius 1 is 1.53 bits per heavy atom. The van der Waals surface area contributed by atoms with E-state index in [0.29, 0.717) is 18.6 Å². The summed E-state index contributed by atoms with van der Waals surface area (Å²) in [7, 11) is 0. The molecule has 1 saturated carbocycles. The molecule has 3 heteroatoms. The van der Waals surface area contributed by atoms with Gasteiger partial charge in [-0.05, 0) is 42.7 Å². The molecule has 2 N–H and O–H groups in total. The van der Waals surface area contributed by atoms with Gasteiger partial charge in [0, 0.05) is 24.1 Å². The second kappa shape index (κ2) is 5.10. The highest BCUT2D eigenvalue weighted by Gasteiger charge is 2.25. The fraction of sp³-hybridized carbons (Fsp3) is 0.667. The van der Waals surface area contributed by atoms with Gasteiger partial charge in [0.2, 0.25) is 0 Å². The zero-order valence-electron chi connectivity index (χ0n) is 9.20. The van der Waals surface area contributed by atoms with Crippen LogP contribution in [-0.2, 0) is 6.54 Å². The Kier molecular flexibility index (Phi) is 3.78. The zero-order chi connectivity index (χ0) is 10.7. The zero-order valence-corrected chi connectivity index (χ0v) is 10.0. The first kappa shape index (κ1) is 11.1. The molecular weight excluding hydrogens is 206 g/mol. The molecule has 0 spiro atoms. The molecule has 2 atom stereocenters. The van der Waals surface area contributed by atoms with Crippen LogP contribution < -0.4 is 5.32 Å². The van der Waals surface area contributed by atoms with Crippen molar-refractivity contribution >= 4 is 11.3 Å². The van der Waals surface area contributed by atoms with Crippen molar-refractivity contribution in [2.75, 3.05) is 6.61 Å². The maximum atomic E-state index is 9.21. The Bertz CT molecular complexity index is 310. The second-order valence-electron chi connectivity index (χ2n) is 4.39. The molecule has 1 aromatic heterocycles. The van der Waals surface area contributed by atoms with Crippen molar-refractivity contribution in [3.05, 3.63) is 21.9 Å². The number of thiophene rings is 1. The van der Waals surface area contributed by atoms with Crippen LogP contribution in [0, 0.1) is 12.8 Å². The number of hydrogen-bond donors (Lipinski definition) is 2. The highest BCUT2D eigenvalue weighted by Crippen LogP contribution is 2.26. The molecule has 0 aliphatic heterocycles. The van der Waals surface area contributed by atoms with E-state index in [4.69, 9.17) is 0 Å². The first-order valence-corrected chi connectivity index (χ1v) is 6.56. The third kappa shape index (κ3) is 2.60. The summed E-state index contributed by atoms with van der Waals surface area (Å²) in [4.78, 5) is 1.43. The van der Waals surface area contributed by atoms with Gasteiger partial charge in [0.1, 0.15) is 0 Å². The minimum absolute atomic E-state index is 0.334. The average molecular weight is 225 g/mol. The van der Waals surface area contributed by atoms with E-state index in [-0.39, 0.29) is 0 Å². The molecule has 15 heavy (non-hydrogen) atoms. The molecule has 2 unspecified atom stereocenters. The van der Waals surface area contributed by atoms with Gasteiger partial charge in [-0.2, -0.15) is 0 Å². The summed E-state index contributed by atoms with van der Waals surface area (Å²) in [5, 5.41) is 14.9. The van der Waals surface area contributed by atoms with Crippen molar-refractivity contribution in [3.63, 3.8) is 0 Å². The SMILES string of the molecule is Cc1ccsc1CNC1CCCC1CO. The molecule has 1 heterocycles. The standard InChI is InChI=1S/C12H19NOS/c1-9-5-6-15-12(9)7-13-11-4-2-3-10(11)8-14/h5-6,10-11,13-14H,2-4,7-8H2,1H3. The quantitative estimate of drug-likeness (QED) is 0.824. The van der Waals surface area contributed by atoms with Crippen LogP contribution in [0.15, 0.2) is 11.4 Å². The molecule has 1 aromatic rings. The van der Waals surface area contributed by atoms with E-state index in [1.165, 1.54) is 29.7 Å². The Morgan fingerprint density at radius 3 is 3.07 bits per heavy atom. The third-order valence-electron chi connectivity index (χ3n) is 3.39. The van der Waals surface area contributed by atoms with Crippen molar-refractivity contribution in [1.29, 1.82) is 0 Å². The summed E-state index contributed by atoms with van der Waals surface area (Å²) in [6, 6.07) is 2.69. The number of hydrogen-bond acceptors (Lipinski definition) is 3. The molecule has 0 aromatic carbocycles. The van der Waals surface area contributed by atoms with Gasteiger partial charge >= 0.3 is 0 Å². The predicted octanol–water partition coefficient (Wildman–Crippen LogP) is 2.31. The van der Waals surface area contributed by atoms with Crippen LogP contribution in [0.25, 0.3) is 0 Å². The molecule has 0 radical (unpaired) electrons. The third-order valence-corrected chi connectivity index (χ3v) is 4.41. The minimum atomic E-state index is 0.334. The summed E-state index contributed by atoms with van der Waals surface area (Å²) in [5.41, 5.74) is 1.38. The Balaban J connectivity index is 1.85. The van der Waals surface area contributed by atoms with Gasteiger partial charge in [-0.25, -0.2) is 0 Å². The van der Waals surface area contributed by atoms with E-state index in [9.17, 15) is 5.11 Å². The number of aliphatic hydroxyl groups excluding tert-OH is 1. The summed E-state index contributed by atoms with van der Waals surface area (Å²) >= 11 is 1.82. The molecule has 1 aliphatic carbocycles. The molecule has 84 valence electrons. The first-order valence-electron chi connectivity index (χ1n) is 5.68. The number of rotatable bonds is 4. The fourth-order valence-corrected chi connectivity index (χ4v) is 3.19. The molecule has 0 amide bonds. The van der Waals surface area contributed by atoms with Gasteiger partial charge in [-0.3, -0.25) is 0 Å². The largest absolute Gasteiger partial charge is 0.396 e. The maximum absolute atomic E-state index is 9.21. The lowest BCUT2D eigenvalue weighted by molar-refractivity contribution is 0.205. The van der Waals surface area contributed by atoms with E-state index in [2.05, 4.69) is 23.7 Å². The summed E-state index contributed by atoms with van der Waals surface area (Å²) in [6.45, 7) is 3.46. The van der Waals surface area contributed by atoms with E-state index in [1.54, 1.807) is 0 Å². The lowest BCUT2D eigenvalue weighted by atomic mass is 10.1. The molecule has 2 rings (SSSR count). The molecule has 2 nitrogen and oxygen atoms in total. The topological polar surface area (TPSA) is 32.3 Å². The van der Waals surface area contributed by atoms with Gasteiger partial charge in [-0.1, -0.05) is 6.42 Å². The van der Waals surface area contributed by atoms with E-state index in [0.717, 1.165) is 6.54 Å². The maximum Gasteiger partial charge on any atom is 0.0474 e. The van der Waals surface area contributed by atoms with Crippen LogP contribution in [0.4, 0.5) is 0 Å². The Labute approximate surface area is 95.3 Å². The van der Waals surface area contributed by atoms with Gasteiger partial charge in [-0.15, -0.1) is 11.3 Å². The summed E-state index contributed by atoms with van der Waals surface area (Å²) < 4.78 is 0. The number of aryl methyl sites for hydroxylation is 1. The van der Waals surface area contributed by atoms with Crippen LogP contribution in [0.5, 0.6) is 0 Å². The number of aliphatic hydroxyl groups is 1. The van der Waals surface area contributed by atoms with Gasteiger partial charge in [0.25, 0.3) is 0 Å². The highest BCUT2D eigenvalue weighted by molar-refractivity contribution is 7.10. The highest BCUT2D eigenvalue weighted by atomic mass is 32.1. The van der Waals surface area contributed by atoms with Crippen LogP contribution in [-0.4, -0.2) is 17.8 Å². The van der Waals surface area contributed by atoms with Crippen molar-refractivity contribution in [3.8, 4) is 0 Å². The summed E-state index contributed by atoms with van der Waals surface area (Å²) in [5.74, 6) is 0.477. The Morgan fingerprint density at radius 2 is 2.40 bits per heavy atom. The molecular formula is C12H19NOS. The first-order chi connectivity index (χ1) is 7.31. The van der Waals surface area contributed by atoms with E-state index >= 15 is 0 Å². The van der Waals surface area contributed by atoms with Gasteiger partial charge < -0.3 is 10.4 Å². The Hall–Kier alpha value is -0.380. The molecule has 0 saturated heterocycles. The van der Waals surface area contributed by atoms with Crippen molar-refractivity contribution in [2.24, 2.45) is 5.92 Å². The van der Waals surface area contributed by atoms with Crippen LogP contribution in [0.2, 0.25) is 0 Å². The van der Waals surface area contributed by atoms with Crippen molar-refractivity contribution in [1.82, 2.24) is 5.32 Å². The van der Waals surface area contributed by atoms with Crippen molar-refractivity contribution < 1.29 is 5.11 Å². The van der Waals surface area contributed by atoms with Crippen LogP contribution in [0.3, 0.4) is 0 Å². The average Bonchev–Trinajstić information content (AvgIpc) is 2.83. The van der Waals surface area contributed by atoms with Gasteiger partial charge in [0.05, 0.1) is 0 Å². The fourth-order valence-electron chi connectivity index (χ4n) is 2.33. The van der Waals surface area contributed by atoms with Crippen molar-refractivity contribution in [2.45, 2.75) is 38.8 Å². The normalized spacial score (nSPS) is 26.0. The second-order valence-corrected chi connectivity index (χ2v) is 5.39. The molecule has 1 aliphatic rings. The molecule has 0 bridgehead atoms. The smallest absolute Gasteiger partial charge is 0.0474 e. The van der Waals surface area contributed by atoms with Gasteiger partial charge in [0.15, 0.2) is 0 Å². The van der Waals surface area contributed by atoms with E-state index < -0.39 is 0 Å². The van der Waals surface area contributed by atoms with Crippen LogP contribution >= 0.6 is 11.3 Å². The summed E-state index contributed by atoms with van der Waals surface area (Å²) in [6.07, 6.45) is 3.65. The van der Waals surface area contributed by atoms with Crippen LogP contribution in [0.1, 0.15) is 29.7 Å². The molecule has 1 fully saturated rings. The lowest BCUT2D eigenvalue weighted by Gasteiger charge is -2.18. The number of nitrogens with one attached hydrogen (secondary N) is 1.